The Balaban J connectivity index is 1.44. The highest BCUT2D eigenvalue weighted by Gasteiger charge is 2.29. The van der Waals surface area contributed by atoms with E-state index in [9.17, 15) is 18.4 Å². The lowest BCUT2D eigenvalue weighted by molar-refractivity contribution is -0.137. The molecule has 1 aromatic heterocycles. The molecule has 0 bridgehead atoms. The summed E-state index contributed by atoms with van der Waals surface area (Å²) in [6, 6.07) is 12.0. The fourth-order valence-electron chi connectivity index (χ4n) is 4.13. The van der Waals surface area contributed by atoms with E-state index in [1.54, 1.807) is 0 Å². The summed E-state index contributed by atoms with van der Waals surface area (Å²) >= 11 is 0. The highest BCUT2D eigenvalue weighted by molar-refractivity contribution is 5.54. The number of nitrogens with zero attached hydrogens (tertiary/aromatic N) is 3. The summed E-state index contributed by atoms with van der Waals surface area (Å²) < 4.78 is 43.6. The zero-order chi connectivity index (χ0) is 25.8. The first kappa shape index (κ1) is 27.9. The van der Waals surface area contributed by atoms with E-state index < -0.39 is 11.7 Å². The molecule has 0 atom stereocenters. The number of aryl methyl sites for hydroxylation is 1. The van der Waals surface area contributed by atoms with Gasteiger partial charge in [0.05, 0.1) is 5.56 Å². The normalized spacial score (nSPS) is 11.9. The predicted molar refractivity (Wildman–Crippen MR) is 135 cm³/mol. The van der Waals surface area contributed by atoms with Crippen molar-refractivity contribution in [1.29, 1.82) is 0 Å². The Morgan fingerprint density at radius 1 is 0.833 bits per heavy atom. The van der Waals surface area contributed by atoms with Crippen LogP contribution in [0.3, 0.4) is 0 Å². The summed E-state index contributed by atoms with van der Waals surface area (Å²) in [5.41, 5.74) is 1.29. The lowest BCUT2D eigenvalue weighted by Gasteiger charge is -2.28. The van der Waals surface area contributed by atoms with Crippen LogP contribution in [0.25, 0.3) is 11.5 Å². The van der Waals surface area contributed by atoms with Gasteiger partial charge in [-0.2, -0.15) is 18.2 Å². The van der Waals surface area contributed by atoms with Gasteiger partial charge in [-0.15, -0.1) is 0 Å². The van der Waals surface area contributed by atoms with E-state index >= 15 is 0 Å². The first-order chi connectivity index (χ1) is 17.3. The molecule has 0 saturated heterocycles. The van der Waals surface area contributed by atoms with Crippen LogP contribution >= 0.6 is 0 Å². The summed E-state index contributed by atoms with van der Waals surface area (Å²) in [7, 11) is 0. The Kier molecular flexibility index (Phi) is 10.9. The third-order valence-corrected chi connectivity index (χ3v) is 6.15. The number of alkyl halides is 3. The molecule has 2 aromatic carbocycles. The van der Waals surface area contributed by atoms with Gasteiger partial charge in [0.1, 0.15) is 0 Å². The number of aromatic nitrogens is 2. The third kappa shape index (κ3) is 9.39. The number of rotatable bonds is 15. The van der Waals surface area contributed by atoms with Crippen LogP contribution in [0, 0.1) is 5.21 Å². The second kappa shape index (κ2) is 14.1. The van der Waals surface area contributed by atoms with Crippen molar-refractivity contribution in [3.63, 3.8) is 0 Å². The number of halogens is 3. The summed E-state index contributed by atoms with van der Waals surface area (Å²) in [6.45, 7) is 2.32. The Labute approximate surface area is 211 Å². The van der Waals surface area contributed by atoms with Crippen LogP contribution in [0.2, 0.25) is 0 Å². The standard InChI is InChI=1S/C28H35F3N3O2/c1-2-3-4-5-6-7-8-9-10-14-26-32-27(36-33-26)24-13-11-12-23(19-24)21-34(35)20-22-15-17-25(18-16-22)28(29,30)31/h11-13,15-19H,2-10,14,20-21H2,1H3/q-1. The molecule has 5 nitrogen and oxygen atoms in total. The first-order valence-electron chi connectivity index (χ1n) is 12.8. The number of hydroxylamine groups is 2. The average molecular weight is 503 g/mol. The van der Waals surface area contributed by atoms with Gasteiger partial charge in [-0.1, -0.05) is 87.7 Å². The molecule has 36 heavy (non-hydrogen) atoms. The monoisotopic (exact) mass is 502 g/mol. The van der Waals surface area contributed by atoms with Gasteiger partial charge in [0, 0.05) is 25.1 Å². The van der Waals surface area contributed by atoms with Crippen LogP contribution in [0.4, 0.5) is 13.2 Å². The van der Waals surface area contributed by atoms with Crippen molar-refractivity contribution in [2.75, 3.05) is 0 Å². The van der Waals surface area contributed by atoms with Crippen LogP contribution in [0.5, 0.6) is 0 Å². The van der Waals surface area contributed by atoms with Gasteiger partial charge in [-0.3, -0.25) is 0 Å². The molecule has 0 N–H and O–H groups in total. The molecule has 8 heteroatoms. The molecule has 0 fully saturated rings. The van der Waals surface area contributed by atoms with Crippen LogP contribution < -0.4 is 0 Å². The molecule has 0 amide bonds. The predicted octanol–water partition coefficient (Wildman–Crippen LogP) is 8.33. The number of hydrogen-bond acceptors (Lipinski definition) is 5. The zero-order valence-electron chi connectivity index (χ0n) is 20.9. The second-order valence-electron chi connectivity index (χ2n) is 9.29. The maximum atomic E-state index is 12.7. The van der Waals surface area contributed by atoms with Gasteiger partial charge in [0.2, 0.25) is 0 Å². The molecule has 0 unspecified atom stereocenters. The van der Waals surface area contributed by atoms with E-state index in [-0.39, 0.29) is 13.1 Å². The van der Waals surface area contributed by atoms with Crippen molar-refractivity contribution in [2.45, 2.75) is 90.4 Å². The number of hydrogen-bond donors (Lipinski definition) is 0. The molecule has 0 aliphatic carbocycles. The Morgan fingerprint density at radius 3 is 2.14 bits per heavy atom. The molecule has 0 radical (unpaired) electrons. The summed E-state index contributed by atoms with van der Waals surface area (Å²) in [6.07, 6.45) is 7.69. The molecule has 0 saturated carbocycles. The van der Waals surface area contributed by atoms with E-state index in [1.165, 1.54) is 57.1 Å². The Morgan fingerprint density at radius 2 is 1.47 bits per heavy atom. The van der Waals surface area contributed by atoms with Gasteiger partial charge in [0.15, 0.2) is 5.82 Å². The highest BCUT2D eigenvalue weighted by atomic mass is 19.4. The van der Waals surface area contributed by atoms with Gasteiger partial charge >= 0.3 is 6.18 Å². The maximum absolute atomic E-state index is 12.7. The third-order valence-electron chi connectivity index (χ3n) is 6.15. The molecule has 1 heterocycles. The minimum absolute atomic E-state index is 0.00812. The van der Waals surface area contributed by atoms with Crippen molar-refractivity contribution < 1.29 is 17.7 Å². The fraction of sp³-hybridized carbons (Fsp3) is 0.500. The lowest BCUT2D eigenvalue weighted by atomic mass is 10.1. The van der Waals surface area contributed by atoms with Crippen molar-refractivity contribution in [3.8, 4) is 11.5 Å². The SMILES string of the molecule is CCCCCCCCCCCc1noc(-c2cccc(CN([O-])Cc3ccc(C(F)(F)F)cc3)c2)n1. The van der Waals surface area contributed by atoms with E-state index in [4.69, 9.17) is 4.52 Å². The van der Waals surface area contributed by atoms with Crippen LogP contribution in [0.15, 0.2) is 53.1 Å². The molecule has 0 aliphatic heterocycles. The Hall–Kier alpha value is -2.71. The number of unbranched alkanes of at least 4 members (excludes halogenated alkanes) is 8. The quantitative estimate of drug-likeness (QED) is 0.154. The smallest absolute Gasteiger partial charge is 0.416 e. The molecule has 0 spiro atoms. The van der Waals surface area contributed by atoms with E-state index in [1.807, 2.05) is 24.3 Å². The van der Waals surface area contributed by atoms with Crippen LogP contribution in [-0.4, -0.2) is 15.2 Å². The van der Waals surface area contributed by atoms with E-state index in [0.717, 1.165) is 47.6 Å². The topological polar surface area (TPSA) is 65.2 Å². The minimum Gasteiger partial charge on any atom is -0.785 e. The molecule has 0 aliphatic rings. The summed E-state index contributed by atoms with van der Waals surface area (Å²) in [5, 5.41) is 17.3. The lowest BCUT2D eigenvalue weighted by Crippen LogP contribution is -2.15. The molecule has 3 aromatic rings. The van der Waals surface area contributed by atoms with Crippen molar-refractivity contribution in [2.24, 2.45) is 0 Å². The van der Waals surface area contributed by atoms with Gasteiger partial charge in [-0.25, -0.2) is 0 Å². The highest BCUT2D eigenvalue weighted by Crippen LogP contribution is 2.29. The van der Waals surface area contributed by atoms with Crippen molar-refractivity contribution >= 4 is 0 Å². The van der Waals surface area contributed by atoms with E-state index in [0.29, 0.717) is 17.3 Å². The molecule has 3 rings (SSSR count). The van der Waals surface area contributed by atoms with Crippen LogP contribution in [-0.2, 0) is 25.7 Å². The van der Waals surface area contributed by atoms with Crippen molar-refractivity contribution in [1.82, 2.24) is 15.2 Å². The summed E-state index contributed by atoms with van der Waals surface area (Å²) in [4.78, 5) is 4.50. The molecular formula is C28H35F3N3O2-. The number of benzene rings is 2. The van der Waals surface area contributed by atoms with Crippen LogP contribution in [0.1, 0.15) is 87.2 Å². The minimum atomic E-state index is -4.39. The molecular weight excluding hydrogens is 467 g/mol. The Bertz CT molecular complexity index is 1040. The fourth-order valence-corrected chi connectivity index (χ4v) is 4.13. The van der Waals surface area contributed by atoms with Gasteiger partial charge < -0.3 is 14.8 Å². The van der Waals surface area contributed by atoms with Gasteiger partial charge in [0.25, 0.3) is 5.89 Å². The average Bonchev–Trinajstić information content (AvgIpc) is 3.32. The molecule has 196 valence electrons. The second-order valence-corrected chi connectivity index (χ2v) is 9.29. The zero-order valence-corrected chi connectivity index (χ0v) is 20.9. The van der Waals surface area contributed by atoms with Gasteiger partial charge in [-0.05, 0) is 41.8 Å². The van der Waals surface area contributed by atoms with E-state index in [2.05, 4.69) is 17.1 Å². The first-order valence-corrected chi connectivity index (χ1v) is 12.8. The largest absolute Gasteiger partial charge is 0.785 e. The maximum Gasteiger partial charge on any atom is 0.416 e. The van der Waals surface area contributed by atoms with Crippen molar-refractivity contribution in [3.05, 3.63) is 76.3 Å². The summed E-state index contributed by atoms with van der Waals surface area (Å²) in [5.74, 6) is 1.11.